The van der Waals surface area contributed by atoms with Crippen molar-refractivity contribution in [2.75, 3.05) is 0 Å². The van der Waals surface area contributed by atoms with Crippen LogP contribution < -0.4 is 0 Å². The van der Waals surface area contributed by atoms with E-state index in [4.69, 9.17) is 10.2 Å². The Morgan fingerprint density at radius 2 is 1.67 bits per heavy atom. The average molecular weight is 413 g/mol. The maximum absolute atomic E-state index is 12.8. The highest BCUT2D eigenvalue weighted by Gasteiger charge is 2.31. The Bertz CT molecular complexity index is 1080. The summed E-state index contributed by atoms with van der Waals surface area (Å²) in [5.74, 6) is -1.11. The van der Waals surface area contributed by atoms with Crippen molar-refractivity contribution in [3.8, 4) is 0 Å². The van der Waals surface area contributed by atoms with Crippen LogP contribution in [0.1, 0.15) is 32.6 Å². The van der Waals surface area contributed by atoms with Crippen molar-refractivity contribution in [3.05, 3.63) is 101 Å². The van der Waals surface area contributed by atoms with E-state index in [0.29, 0.717) is 28.9 Å². The maximum atomic E-state index is 12.8. The van der Waals surface area contributed by atoms with Crippen LogP contribution in [0.4, 0.5) is 18.9 Å². The number of halogens is 3. The molecule has 0 aromatic heterocycles. The number of carboxylic acid groups (broad SMARTS) is 1. The van der Waals surface area contributed by atoms with Crippen LogP contribution in [-0.2, 0) is 19.2 Å². The van der Waals surface area contributed by atoms with Crippen molar-refractivity contribution in [1.29, 1.82) is 0 Å². The molecular weight excluding hydrogens is 395 g/mol. The largest absolute Gasteiger partial charge is 0.478 e. The molecule has 154 valence electrons. The summed E-state index contributed by atoms with van der Waals surface area (Å²) in [6.07, 6.45) is -4.11. The summed E-state index contributed by atoms with van der Waals surface area (Å²) in [5.41, 5.74) is 2.08. The van der Waals surface area contributed by atoms with Gasteiger partial charge in [0, 0.05) is 6.42 Å². The molecule has 0 radical (unpaired) electrons. The number of aliphatic hydroxyl groups excluding tert-OH is 1. The van der Waals surface area contributed by atoms with E-state index in [0.717, 1.165) is 17.7 Å². The molecule has 1 aliphatic rings. The van der Waals surface area contributed by atoms with E-state index in [1.807, 2.05) is 30.3 Å². The zero-order valence-corrected chi connectivity index (χ0v) is 15.7. The highest BCUT2D eigenvalue weighted by molar-refractivity contribution is 6.09. The number of aromatic carboxylic acids is 1. The van der Waals surface area contributed by atoms with Gasteiger partial charge in [0.25, 0.3) is 0 Å². The third kappa shape index (κ3) is 4.93. The van der Waals surface area contributed by atoms with E-state index in [1.165, 1.54) is 12.1 Å². The van der Waals surface area contributed by atoms with Gasteiger partial charge in [-0.2, -0.15) is 13.2 Å². The van der Waals surface area contributed by atoms with Gasteiger partial charge in [0.05, 0.1) is 29.1 Å². The van der Waals surface area contributed by atoms with Gasteiger partial charge in [-0.3, -0.25) is 4.99 Å². The summed E-state index contributed by atoms with van der Waals surface area (Å²) in [5, 5.41) is 17.7. The lowest BCUT2D eigenvalue weighted by atomic mass is 10.0. The molecule has 0 spiro atoms. The van der Waals surface area contributed by atoms with Crippen LogP contribution in [0.5, 0.6) is 0 Å². The number of hydrogen-bond acceptors (Lipinski definition) is 3. The first-order valence-electron chi connectivity index (χ1n) is 9.04. The zero-order valence-electron chi connectivity index (χ0n) is 15.7. The Labute approximate surface area is 171 Å². The molecule has 0 saturated heterocycles. The van der Waals surface area contributed by atoms with Crippen molar-refractivity contribution in [2.24, 2.45) is 4.99 Å². The summed E-state index contributed by atoms with van der Waals surface area (Å²) >= 11 is 0. The number of carbonyl (C=O) groups is 1. The Balaban J connectivity index is 0.000000269. The summed E-state index contributed by atoms with van der Waals surface area (Å²) < 4.78 is 38.3. The number of aliphatic hydroxyl groups is 1. The van der Waals surface area contributed by atoms with Gasteiger partial charge in [-0.25, -0.2) is 4.79 Å². The lowest BCUT2D eigenvalue weighted by molar-refractivity contribution is -0.137. The van der Waals surface area contributed by atoms with E-state index in [-0.39, 0.29) is 12.2 Å². The van der Waals surface area contributed by atoms with Crippen LogP contribution in [0.2, 0.25) is 0 Å². The normalized spacial score (nSPS) is 12.5. The first-order chi connectivity index (χ1) is 14.3. The molecule has 3 aromatic rings. The standard InChI is InChI=1S/C16H10F3NO2.C7H8O/c17-16(18,19)11-5-1-3-9(7-11)13-8-10-4-2-6-12(15(21)22)14(10)20-13;8-6-7-4-2-1-3-5-7/h1-7H,8H2,(H,21,22);1-5,8H,6H2. The third-order valence-electron chi connectivity index (χ3n) is 4.50. The SMILES string of the molecule is O=C(O)c1cccc2c1N=C(c1cccc(C(F)(F)F)c1)C2.OCc1ccccc1. The van der Waals surface area contributed by atoms with Crippen LogP contribution in [0, 0.1) is 0 Å². The molecule has 0 fully saturated rings. The predicted octanol–water partition coefficient (Wildman–Crippen LogP) is 5.26. The molecule has 2 N–H and O–H groups in total. The molecule has 0 saturated carbocycles. The van der Waals surface area contributed by atoms with E-state index in [1.54, 1.807) is 18.2 Å². The van der Waals surface area contributed by atoms with Gasteiger partial charge in [0.15, 0.2) is 0 Å². The number of fused-ring (bicyclic) bond motifs is 1. The van der Waals surface area contributed by atoms with Gasteiger partial charge in [-0.1, -0.05) is 54.6 Å². The Kier molecular flexibility index (Phi) is 6.32. The van der Waals surface area contributed by atoms with Crippen molar-refractivity contribution >= 4 is 17.4 Å². The average Bonchev–Trinajstić information content (AvgIpc) is 3.18. The summed E-state index contributed by atoms with van der Waals surface area (Å²) in [6.45, 7) is 0.140. The van der Waals surface area contributed by atoms with Gasteiger partial charge in [-0.05, 0) is 34.9 Å². The van der Waals surface area contributed by atoms with Crippen molar-refractivity contribution in [1.82, 2.24) is 0 Å². The molecule has 4 nitrogen and oxygen atoms in total. The minimum atomic E-state index is -4.42. The van der Waals surface area contributed by atoms with E-state index >= 15 is 0 Å². The minimum Gasteiger partial charge on any atom is -0.478 e. The number of aliphatic imine (C=N–C) groups is 1. The van der Waals surface area contributed by atoms with Crippen molar-refractivity contribution in [2.45, 2.75) is 19.2 Å². The fourth-order valence-corrected chi connectivity index (χ4v) is 3.02. The maximum Gasteiger partial charge on any atom is 0.416 e. The van der Waals surface area contributed by atoms with Gasteiger partial charge >= 0.3 is 12.1 Å². The molecule has 0 aliphatic carbocycles. The number of rotatable bonds is 3. The molecule has 1 aliphatic heterocycles. The Morgan fingerprint density at radius 1 is 0.967 bits per heavy atom. The molecule has 4 rings (SSSR count). The van der Waals surface area contributed by atoms with Crippen molar-refractivity contribution in [3.63, 3.8) is 0 Å². The van der Waals surface area contributed by atoms with Crippen molar-refractivity contribution < 1.29 is 28.2 Å². The summed E-state index contributed by atoms with van der Waals surface area (Å²) in [4.78, 5) is 15.4. The van der Waals surface area contributed by atoms with E-state index in [9.17, 15) is 18.0 Å². The monoisotopic (exact) mass is 413 g/mol. The third-order valence-corrected chi connectivity index (χ3v) is 4.50. The van der Waals surface area contributed by atoms with E-state index in [2.05, 4.69) is 4.99 Å². The lowest BCUT2D eigenvalue weighted by Crippen LogP contribution is -2.07. The number of alkyl halides is 3. The number of nitrogens with zero attached hydrogens (tertiary/aromatic N) is 1. The first kappa shape index (κ1) is 21.3. The molecular formula is C23H18F3NO3. The molecule has 0 amide bonds. The second-order valence-corrected chi connectivity index (χ2v) is 6.58. The fraction of sp³-hybridized carbons (Fsp3) is 0.130. The van der Waals surface area contributed by atoms with Gasteiger partial charge in [0.1, 0.15) is 0 Å². The predicted molar refractivity (Wildman–Crippen MR) is 107 cm³/mol. The number of carboxylic acids is 1. The van der Waals surface area contributed by atoms with Gasteiger partial charge in [0.2, 0.25) is 0 Å². The molecule has 0 unspecified atom stereocenters. The topological polar surface area (TPSA) is 69.9 Å². The molecule has 3 aromatic carbocycles. The fourth-order valence-electron chi connectivity index (χ4n) is 3.02. The quantitative estimate of drug-likeness (QED) is 0.615. The molecule has 30 heavy (non-hydrogen) atoms. The van der Waals surface area contributed by atoms with Crippen LogP contribution in [-0.4, -0.2) is 21.9 Å². The highest BCUT2D eigenvalue weighted by Crippen LogP contribution is 2.34. The van der Waals surface area contributed by atoms with E-state index < -0.39 is 17.7 Å². The van der Waals surface area contributed by atoms with Crippen LogP contribution in [0.25, 0.3) is 0 Å². The number of benzene rings is 3. The first-order valence-corrected chi connectivity index (χ1v) is 9.04. The van der Waals surface area contributed by atoms with Crippen LogP contribution in [0.3, 0.4) is 0 Å². The lowest BCUT2D eigenvalue weighted by Gasteiger charge is -2.08. The Morgan fingerprint density at radius 3 is 2.27 bits per heavy atom. The number of hydrogen-bond donors (Lipinski definition) is 2. The summed E-state index contributed by atoms with van der Waals surface area (Å²) in [6, 6.07) is 19.2. The number of para-hydroxylation sites is 1. The second kappa shape index (κ2) is 8.92. The minimum absolute atomic E-state index is 0.0551. The zero-order chi connectivity index (χ0) is 21.7. The van der Waals surface area contributed by atoms with Gasteiger partial charge < -0.3 is 10.2 Å². The highest BCUT2D eigenvalue weighted by atomic mass is 19.4. The Hall–Kier alpha value is -3.45. The smallest absolute Gasteiger partial charge is 0.416 e. The molecule has 7 heteroatoms. The molecule has 1 heterocycles. The van der Waals surface area contributed by atoms with Gasteiger partial charge in [-0.15, -0.1) is 0 Å². The molecule has 0 bridgehead atoms. The van der Waals surface area contributed by atoms with Crippen LogP contribution in [0.15, 0.2) is 77.8 Å². The van der Waals surface area contributed by atoms with Crippen LogP contribution >= 0.6 is 0 Å². The summed E-state index contributed by atoms with van der Waals surface area (Å²) in [7, 11) is 0. The second-order valence-electron chi connectivity index (χ2n) is 6.58. The molecule has 0 atom stereocenters.